The summed E-state index contributed by atoms with van der Waals surface area (Å²) in [5, 5.41) is 9.60. The van der Waals surface area contributed by atoms with E-state index in [2.05, 4.69) is 12.1 Å². The Kier molecular flexibility index (Phi) is 1.69. The second-order valence-corrected chi connectivity index (χ2v) is 3.70. The van der Waals surface area contributed by atoms with Gasteiger partial charge in [-0.3, -0.25) is 0 Å². The van der Waals surface area contributed by atoms with Crippen molar-refractivity contribution in [2.45, 2.75) is 31.3 Å². The fourth-order valence-electron chi connectivity index (χ4n) is 1.85. The van der Waals surface area contributed by atoms with E-state index in [1.165, 1.54) is 5.56 Å². The molecule has 1 atom stereocenters. The summed E-state index contributed by atoms with van der Waals surface area (Å²) < 4.78 is 0. The zero-order valence-corrected chi connectivity index (χ0v) is 7.33. The Balaban J connectivity index is 2.31. The number of hydrogen-bond acceptors (Lipinski definition) is 1. The maximum Gasteiger partial charge on any atom is 0.0608 e. The van der Waals surface area contributed by atoms with Crippen LogP contribution in [-0.4, -0.2) is 11.2 Å². The molecule has 1 aliphatic rings. The van der Waals surface area contributed by atoms with E-state index >= 15 is 0 Å². The molecule has 0 aromatic heterocycles. The molecule has 2 rings (SSSR count). The van der Waals surface area contributed by atoms with Gasteiger partial charge in [0.25, 0.3) is 0 Å². The van der Waals surface area contributed by atoms with E-state index < -0.39 is 0 Å². The topological polar surface area (TPSA) is 20.2 Å². The maximum absolute atomic E-state index is 9.60. The third-order valence-electron chi connectivity index (χ3n) is 2.94. The van der Waals surface area contributed by atoms with E-state index in [9.17, 15) is 5.11 Å². The van der Waals surface area contributed by atoms with Crippen molar-refractivity contribution in [1.82, 2.24) is 0 Å². The molecule has 0 unspecified atom stereocenters. The van der Waals surface area contributed by atoms with Gasteiger partial charge in [0.15, 0.2) is 0 Å². The Morgan fingerprint density at radius 2 is 1.83 bits per heavy atom. The summed E-state index contributed by atoms with van der Waals surface area (Å²) in [4.78, 5) is 0. The molecule has 1 heteroatoms. The largest absolute Gasteiger partial charge is 0.392 e. The SMILES string of the molecule is C[C@H](O)C1(c2ccccc2)CC1. The van der Waals surface area contributed by atoms with Gasteiger partial charge in [-0.15, -0.1) is 0 Å². The van der Waals surface area contributed by atoms with Crippen LogP contribution in [0.25, 0.3) is 0 Å². The summed E-state index contributed by atoms with van der Waals surface area (Å²) in [6, 6.07) is 10.3. The quantitative estimate of drug-likeness (QED) is 0.706. The maximum atomic E-state index is 9.60. The van der Waals surface area contributed by atoms with Crippen LogP contribution in [0.3, 0.4) is 0 Å². The van der Waals surface area contributed by atoms with Gasteiger partial charge in [0.1, 0.15) is 0 Å². The Labute approximate surface area is 73.0 Å². The zero-order valence-electron chi connectivity index (χ0n) is 7.33. The molecule has 64 valence electrons. The highest BCUT2D eigenvalue weighted by atomic mass is 16.3. The van der Waals surface area contributed by atoms with Gasteiger partial charge < -0.3 is 5.11 Å². The molecule has 1 nitrogen and oxygen atoms in total. The molecule has 0 spiro atoms. The van der Waals surface area contributed by atoms with Gasteiger partial charge in [0.2, 0.25) is 0 Å². The Morgan fingerprint density at radius 3 is 2.25 bits per heavy atom. The van der Waals surface area contributed by atoms with Gasteiger partial charge in [-0.2, -0.15) is 0 Å². The van der Waals surface area contributed by atoms with Crippen LogP contribution < -0.4 is 0 Å². The van der Waals surface area contributed by atoms with Crippen LogP contribution >= 0.6 is 0 Å². The average Bonchev–Trinajstić information content (AvgIpc) is 2.86. The van der Waals surface area contributed by atoms with Crippen molar-refractivity contribution in [1.29, 1.82) is 0 Å². The molecular formula is C11H14O. The number of aliphatic hydroxyl groups is 1. The molecule has 1 N–H and O–H groups in total. The molecule has 1 fully saturated rings. The molecule has 0 amide bonds. The van der Waals surface area contributed by atoms with Crippen LogP contribution in [-0.2, 0) is 5.41 Å². The first-order chi connectivity index (χ1) is 5.76. The summed E-state index contributed by atoms with van der Waals surface area (Å²) >= 11 is 0. The lowest BCUT2D eigenvalue weighted by molar-refractivity contribution is 0.150. The smallest absolute Gasteiger partial charge is 0.0608 e. The number of aliphatic hydroxyl groups excluding tert-OH is 1. The first kappa shape index (κ1) is 7.81. The van der Waals surface area contributed by atoms with Crippen molar-refractivity contribution in [2.75, 3.05) is 0 Å². The standard InChI is InChI=1S/C11H14O/c1-9(12)11(7-8-11)10-5-3-2-4-6-10/h2-6,9,12H,7-8H2,1H3/t9-/m0/s1. The van der Waals surface area contributed by atoms with Crippen LogP contribution in [0, 0.1) is 0 Å². The predicted molar refractivity (Wildman–Crippen MR) is 49.0 cm³/mol. The third kappa shape index (κ3) is 1.05. The molecule has 0 radical (unpaired) electrons. The summed E-state index contributed by atoms with van der Waals surface area (Å²) in [5.41, 5.74) is 1.39. The lowest BCUT2D eigenvalue weighted by Crippen LogP contribution is -2.22. The zero-order chi connectivity index (χ0) is 8.60. The second-order valence-electron chi connectivity index (χ2n) is 3.70. The predicted octanol–water partition coefficient (Wildman–Crippen LogP) is 2.10. The molecule has 0 aliphatic heterocycles. The highest BCUT2D eigenvalue weighted by molar-refractivity contribution is 5.32. The lowest BCUT2D eigenvalue weighted by atomic mass is 9.91. The Hall–Kier alpha value is -0.820. The lowest BCUT2D eigenvalue weighted by Gasteiger charge is -2.18. The van der Waals surface area contributed by atoms with Gasteiger partial charge in [-0.25, -0.2) is 0 Å². The van der Waals surface area contributed by atoms with Gasteiger partial charge in [-0.05, 0) is 25.3 Å². The van der Waals surface area contributed by atoms with Crippen LogP contribution in [0.2, 0.25) is 0 Å². The Morgan fingerprint density at radius 1 is 1.25 bits per heavy atom. The van der Waals surface area contributed by atoms with Gasteiger partial charge in [0, 0.05) is 5.41 Å². The minimum atomic E-state index is -0.208. The van der Waals surface area contributed by atoms with Crippen molar-refractivity contribution in [3.8, 4) is 0 Å². The summed E-state index contributed by atoms with van der Waals surface area (Å²) in [6.07, 6.45) is 2.06. The number of benzene rings is 1. The molecule has 1 aromatic rings. The van der Waals surface area contributed by atoms with Gasteiger partial charge >= 0.3 is 0 Å². The summed E-state index contributed by atoms with van der Waals surface area (Å²) in [6.45, 7) is 1.89. The van der Waals surface area contributed by atoms with Crippen LogP contribution in [0.1, 0.15) is 25.3 Å². The van der Waals surface area contributed by atoms with Gasteiger partial charge in [-0.1, -0.05) is 30.3 Å². The molecule has 1 aliphatic carbocycles. The van der Waals surface area contributed by atoms with E-state index in [1.807, 2.05) is 25.1 Å². The first-order valence-corrected chi connectivity index (χ1v) is 4.49. The molecule has 12 heavy (non-hydrogen) atoms. The molecular weight excluding hydrogens is 148 g/mol. The van der Waals surface area contributed by atoms with Crippen molar-refractivity contribution >= 4 is 0 Å². The van der Waals surface area contributed by atoms with Crippen LogP contribution in [0.4, 0.5) is 0 Å². The normalized spacial score (nSPS) is 21.8. The summed E-state index contributed by atoms with van der Waals surface area (Å²) in [5.74, 6) is 0. The minimum absolute atomic E-state index is 0.0985. The second kappa shape index (κ2) is 2.60. The van der Waals surface area contributed by atoms with Crippen molar-refractivity contribution in [3.63, 3.8) is 0 Å². The fourth-order valence-corrected chi connectivity index (χ4v) is 1.85. The van der Waals surface area contributed by atoms with E-state index in [0.717, 1.165) is 12.8 Å². The van der Waals surface area contributed by atoms with E-state index in [4.69, 9.17) is 0 Å². The van der Waals surface area contributed by atoms with E-state index in [-0.39, 0.29) is 11.5 Å². The average molecular weight is 162 g/mol. The molecule has 1 saturated carbocycles. The van der Waals surface area contributed by atoms with Crippen LogP contribution in [0.5, 0.6) is 0 Å². The fraction of sp³-hybridized carbons (Fsp3) is 0.455. The van der Waals surface area contributed by atoms with Crippen molar-refractivity contribution in [2.24, 2.45) is 0 Å². The highest BCUT2D eigenvalue weighted by Crippen LogP contribution is 2.50. The third-order valence-corrected chi connectivity index (χ3v) is 2.94. The molecule has 1 aromatic carbocycles. The van der Waals surface area contributed by atoms with E-state index in [1.54, 1.807) is 0 Å². The molecule has 0 heterocycles. The summed E-state index contributed by atoms with van der Waals surface area (Å²) in [7, 11) is 0. The molecule has 0 saturated heterocycles. The number of hydrogen-bond donors (Lipinski definition) is 1. The first-order valence-electron chi connectivity index (χ1n) is 4.49. The Bertz CT molecular complexity index is 260. The monoisotopic (exact) mass is 162 g/mol. The molecule has 0 bridgehead atoms. The number of rotatable bonds is 2. The van der Waals surface area contributed by atoms with Gasteiger partial charge in [0.05, 0.1) is 6.10 Å². The van der Waals surface area contributed by atoms with Crippen LogP contribution in [0.15, 0.2) is 30.3 Å². The van der Waals surface area contributed by atoms with Crippen molar-refractivity contribution in [3.05, 3.63) is 35.9 Å². The minimum Gasteiger partial charge on any atom is -0.392 e. The highest BCUT2D eigenvalue weighted by Gasteiger charge is 2.48. The van der Waals surface area contributed by atoms with E-state index in [0.29, 0.717) is 0 Å². The van der Waals surface area contributed by atoms with Crippen molar-refractivity contribution < 1.29 is 5.11 Å².